The van der Waals surface area contributed by atoms with Crippen molar-refractivity contribution < 1.29 is 23.9 Å². The summed E-state index contributed by atoms with van der Waals surface area (Å²) in [4.78, 5) is 45.6. The van der Waals surface area contributed by atoms with Crippen molar-refractivity contribution in [2.75, 3.05) is 32.7 Å². The van der Waals surface area contributed by atoms with E-state index >= 15 is 0 Å². The van der Waals surface area contributed by atoms with Crippen LogP contribution in [0.2, 0.25) is 0 Å². The average Bonchev–Trinajstić information content (AvgIpc) is 2.72. The zero-order chi connectivity index (χ0) is 22.9. The fourth-order valence-corrected chi connectivity index (χ4v) is 4.65. The molecule has 0 N–H and O–H groups in total. The molecule has 1 fully saturated rings. The van der Waals surface area contributed by atoms with Crippen LogP contribution in [0.15, 0.2) is 40.5 Å². The fourth-order valence-electron chi connectivity index (χ4n) is 4.65. The van der Waals surface area contributed by atoms with Gasteiger partial charge in [-0.15, -0.1) is 0 Å². The third kappa shape index (κ3) is 4.13. The molecule has 0 spiro atoms. The van der Waals surface area contributed by atoms with E-state index in [1.807, 2.05) is 50.2 Å². The smallest absolute Gasteiger partial charge is 0.336 e. The van der Waals surface area contributed by atoms with Gasteiger partial charge in [0, 0.05) is 37.1 Å². The first-order valence-corrected chi connectivity index (χ1v) is 10.5. The lowest BCUT2D eigenvalue weighted by Crippen LogP contribution is -2.48. The average molecular weight is 427 g/mol. The van der Waals surface area contributed by atoms with E-state index in [1.54, 1.807) is 13.8 Å². The van der Waals surface area contributed by atoms with Gasteiger partial charge in [0.2, 0.25) is 0 Å². The third-order valence-corrected chi connectivity index (χ3v) is 6.14. The van der Waals surface area contributed by atoms with Crippen LogP contribution in [-0.4, -0.2) is 51.2 Å². The van der Waals surface area contributed by atoms with Gasteiger partial charge in [-0.25, -0.2) is 4.79 Å². The summed E-state index contributed by atoms with van der Waals surface area (Å²) in [5.74, 6) is -3.63. The van der Waals surface area contributed by atoms with Gasteiger partial charge < -0.3 is 14.4 Å². The summed E-state index contributed by atoms with van der Waals surface area (Å²) in [5, 5.41) is 0. The Morgan fingerprint density at radius 1 is 1.16 bits per heavy atom. The molecule has 0 aromatic heterocycles. The molecule has 1 heterocycles. The third-order valence-electron chi connectivity index (χ3n) is 6.14. The molecule has 166 valence electrons. The van der Waals surface area contributed by atoms with E-state index in [1.165, 1.54) is 7.11 Å². The van der Waals surface area contributed by atoms with E-state index in [0.29, 0.717) is 23.4 Å². The van der Waals surface area contributed by atoms with Crippen LogP contribution in [0.25, 0.3) is 0 Å². The minimum atomic E-state index is -0.876. The summed E-state index contributed by atoms with van der Waals surface area (Å²) in [6.45, 7) is 5.60. The molecule has 3 rings (SSSR count). The second-order valence-electron chi connectivity index (χ2n) is 8.35. The highest BCUT2D eigenvalue weighted by atomic mass is 16.5. The summed E-state index contributed by atoms with van der Waals surface area (Å²) < 4.78 is 10.2. The number of ether oxygens (including phenoxy) is 2. The lowest BCUT2D eigenvalue weighted by molar-refractivity contribution is -0.152. The minimum Gasteiger partial charge on any atom is -0.468 e. The van der Waals surface area contributed by atoms with Gasteiger partial charge in [0.1, 0.15) is 5.92 Å². The first-order chi connectivity index (χ1) is 14.7. The van der Waals surface area contributed by atoms with Crippen LogP contribution in [0.1, 0.15) is 38.7 Å². The van der Waals surface area contributed by atoms with Gasteiger partial charge in [0.05, 0.1) is 25.2 Å². The van der Waals surface area contributed by atoms with E-state index in [9.17, 15) is 14.4 Å². The van der Waals surface area contributed by atoms with Crippen molar-refractivity contribution in [1.82, 2.24) is 0 Å². The fraction of sp³-hybridized carbons (Fsp3) is 0.500. The van der Waals surface area contributed by atoms with Crippen molar-refractivity contribution >= 4 is 29.1 Å². The maximum absolute atomic E-state index is 13.6. The Balaban J connectivity index is 2.16. The van der Waals surface area contributed by atoms with Gasteiger partial charge in [-0.3, -0.25) is 14.6 Å². The molecule has 4 atom stereocenters. The normalized spacial score (nSPS) is 25.5. The standard InChI is InChI=1S/C24H30N2O5/c1-7-31-24(29)19-14(3)25-17-12-13(2)18(23(28)30-6)22(27)21(17)20(19)15-8-10-16(11-9-15)26(4)5/h8-11,13,18,20-21H,7,12H2,1-6H3/t13-,18+,20-,21+/m1/s1. The Bertz CT molecular complexity index is 945. The predicted octanol–water partition coefficient (Wildman–Crippen LogP) is 3.14. The molecule has 1 aromatic carbocycles. The van der Waals surface area contributed by atoms with E-state index in [0.717, 1.165) is 11.3 Å². The SMILES string of the molecule is CCOC(=O)C1=C(C)N=C2C[C@@H](C)[C@H](C(=O)OC)C(=O)[C@@H]2[C@@H]1c1ccc(N(C)C)cc1. The molecule has 0 amide bonds. The molecule has 7 heteroatoms. The number of benzene rings is 1. The monoisotopic (exact) mass is 426 g/mol. The molecule has 7 nitrogen and oxygen atoms in total. The molecular formula is C24H30N2O5. The van der Waals surface area contributed by atoms with Crippen molar-refractivity contribution in [3.8, 4) is 0 Å². The highest BCUT2D eigenvalue weighted by molar-refractivity contribution is 6.17. The maximum atomic E-state index is 13.6. The van der Waals surface area contributed by atoms with E-state index in [-0.39, 0.29) is 18.3 Å². The van der Waals surface area contributed by atoms with Crippen LogP contribution in [0.4, 0.5) is 5.69 Å². The van der Waals surface area contributed by atoms with Crippen LogP contribution >= 0.6 is 0 Å². The number of carbonyl (C=O) groups excluding carboxylic acids is 3. The van der Waals surface area contributed by atoms with Crippen LogP contribution in [0.5, 0.6) is 0 Å². The Morgan fingerprint density at radius 3 is 2.35 bits per heavy atom. The summed E-state index contributed by atoms with van der Waals surface area (Å²) in [7, 11) is 5.18. The zero-order valence-electron chi connectivity index (χ0n) is 19.0. The Hall–Kier alpha value is -2.96. The first-order valence-electron chi connectivity index (χ1n) is 10.5. The second-order valence-corrected chi connectivity index (χ2v) is 8.35. The van der Waals surface area contributed by atoms with Gasteiger partial charge in [-0.2, -0.15) is 0 Å². The first kappa shape index (κ1) is 22.7. The Labute approximate surface area is 183 Å². The van der Waals surface area contributed by atoms with Crippen LogP contribution in [0.3, 0.4) is 0 Å². The van der Waals surface area contributed by atoms with E-state index in [2.05, 4.69) is 4.99 Å². The number of hydrogen-bond acceptors (Lipinski definition) is 7. The molecule has 31 heavy (non-hydrogen) atoms. The largest absolute Gasteiger partial charge is 0.468 e. The number of fused-ring (bicyclic) bond motifs is 1. The van der Waals surface area contributed by atoms with Crippen molar-refractivity contribution in [2.45, 2.75) is 33.1 Å². The predicted molar refractivity (Wildman–Crippen MR) is 118 cm³/mol. The molecule has 1 saturated carbocycles. The lowest BCUT2D eigenvalue weighted by atomic mass is 9.64. The Morgan fingerprint density at radius 2 is 1.81 bits per heavy atom. The summed E-state index contributed by atoms with van der Waals surface area (Å²) >= 11 is 0. The second kappa shape index (κ2) is 9.04. The minimum absolute atomic E-state index is 0.219. The highest BCUT2D eigenvalue weighted by Gasteiger charge is 2.51. The number of aliphatic imine (C=N–C) groups is 1. The molecule has 0 radical (unpaired) electrons. The van der Waals surface area contributed by atoms with Crippen molar-refractivity contribution in [3.63, 3.8) is 0 Å². The molecule has 1 aromatic rings. The van der Waals surface area contributed by atoms with Crippen LogP contribution < -0.4 is 4.90 Å². The van der Waals surface area contributed by atoms with Crippen LogP contribution in [0, 0.1) is 17.8 Å². The van der Waals surface area contributed by atoms with E-state index in [4.69, 9.17) is 9.47 Å². The van der Waals surface area contributed by atoms with Crippen LogP contribution in [-0.2, 0) is 23.9 Å². The summed E-state index contributed by atoms with van der Waals surface area (Å²) in [5.41, 5.74) is 3.47. The number of hydrogen-bond donors (Lipinski definition) is 0. The van der Waals surface area contributed by atoms with Crippen molar-refractivity contribution in [3.05, 3.63) is 41.1 Å². The molecule has 1 aliphatic carbocycles. The van der Waals surface area contributed by atoms with Gasteiger partial charge in [0.15, 0.2) is 5.78 Å². The van der Waals surface area contributed by atoms with Crippen molar-refractivity contribution in [2.24, 2.45) is 22.7 Å². The number of Topliss-reactive ketones (excluding diaryl/α,β-unsaturated/α-hetero) is 1. The molecular weight excluding hydrogens is 396 g/mol. The molecule has 0 bridgehead atoms. The number of esters is 2. The number of rotatable bonds is 5. The Kier molecular flexibility index (Phi) is 6.62. The number of anilines is 1. The topological polar surface area (TPSA) is 85.3 Å². The zero-order valence-corrected chi connectivity index (χ0v) is 19.0. The quantitative estimate of drug-likeness (QED) is 0.531. The summed E-state index contributed by atoms with van der Waals surface area (Å²) in [6, 6.07) is 7.75. The molecule has 1 aliphatic heterocycles. The van der Waals surface area contributed by atoms with Gasteiger partial charge in [-0.1, -0.05) is 19.1 Å². The molecule has 2 aliphatic rings. The molecule has 0 saturated heterocycles. The number of allylic oxidation sites excluding steroid dienone is 1. The molecule has 0 unspecified atom stereocenters. The summed E-state index contributed by atoms with van der Waals surface area (Å²) in [6.07, 6.45) is 0.496. The van der Waals surface area contributed by atoms with Gasteiger partial charge in [0.25, 0.3) is 0 Å². The van der Waals surface area contributed by atoms with Gasteiger partial charge >= 0.3 is 11.9 Å². The van der Waals surface area contributed by atoms with Gasteiger partial charge in [-0.05, 0) is 43.9 Å². The highest BCUT2D eigenvalue weighted by Crippen LogP contribution is 2.46. The van der Waals surface area contributed by atoms with Crippen molar-refractivity contribution in [1.29, 1.82) is 0 Å². The lowest BCUT2D eigenvalue weighted by Gasteiger charge is -2.40. The number of carbonyl (C=O) groups is 3. The number of methoxy groups -OCH3 is 1. The number of ketones is 1. The van der Waals surface area contributed by atoms with E-state index < -0.39 is 29.7 Å². The number of nitrogens with zero attached hydrogens (tertiary/aromatic N) is 2. The maximum Gasteiger partial charge on any atom is 0.336 e.